The van der Waals surface area contributed by atoms with Crippen LogP contribution in [0.2, 0.25) is 0 Å². The molecule has 0 aliphatic carbocycles. The molecule has 0 saturated carbocycles. The van der Waals surface area contributed by atoms with E-state index in [0.29, 0.717) is 12.2 Å². The Balaban J connectivity index is 2.14. The standard InChI is InChI=1S/C17H18O4/c1-5-19-16(18)13-9-12-8-11-6-7-17(3,4)21-15(11)10(2)14(12)20-13/h6-9H,5H2,1-4H3. The third-order valence-electron chi connectivity index (χ3n) is 3.52. The number of rotatable bonds is 2. The first-order chi connectivity index (χ1) is 9.91. The van der Waals surface area contributed by atoms with E-state index in [1.807, 2.05) is 39.0 Å². The van der Waals surface area contributed by atoms with Crippen molar-refractivity contribution in [3.63, 3.8) is 0 Å². The van der Waals surface area contributed by atoms with Gasteiger partial charge in [0.25, 0.3) is 0 Å². The molecule has 1 aromatic carbocycles. The molecule has 3 rings (SSSR count). The van der Waals surface area contributed by atoms with Gasteiger partial charge in [0.15, 0.2) is 0 Å². The first-order valence-electron chi connectivity index (χ1n) is 7.04. The van der Waals surface area contributed by atoms with Crippen LogP contribution >= 0.6 is 0 Å². The zero-order valence-electron chi connectivity index (χ0n) is 12.6. The zero-order chi connectivity index (χ0) is 15.2. The number of hydrogen-bond acceptors (Lipinski definition) is 4. The van der Waals surface area contributed by atoms with Crippen LogP contribution in [0.4, 0.5) is 0 Å². The SMILES string of the molecule is CCOC(=O)c1cc2cc3c(c(C)c2o1)OC(C)(C)C=C3. The lowest BCUT2D eigenvalue weighted by molar-refractivity contribution is 0.0492. The minimum absolute atomic E-state index is 0.223. The lowest BCUT2D eigenvalue weighted by Gasteiger charge is -2.29. The predicted molar refractivity (Wildman–Crippen MR) is 80.6 cm³/mol. The second-order valence-corrected chi connectivity index (χ2v) is 5.71. The number of fused-ring (bicyclic) bond motifs is 2. The third kappa shape index (κ3) is 2.31. The van der Waals surface area contributed by atoms with Crippen molar-refractivity contribution in [2.45, 2.75) is 33.3 Å². The molecule has 0 spiro atoms. The van der Waals surface area contributed by atoms with Gasteiger partial charge in [-0.2, -0.15) is 0 Å². The Morgan fingerprint density at radius 3 is 2.81 bits per heavy atom. The van der Waals surface area contributed by atoms with Gasteiger partial charge in [0.05, 0.1) is 6.61 Å². The van der Waals surface area contributed by atoms with Crippen molar-refractivity contribution in [1.82, 2.24) is 0 Å². The average molecular weight is 286 g/mol. The Labute approximate surface area is 123 Å². The molecule has 2 aromatic rings. The van der Waals surface area contributed by atoms with E-state index in [4.69, 9.17) is 13.9 Å². The fourth-order valence-corrected chi connectivity index (χ4v) is 2.51. The van der Waals surface area contributed by atoms with E-state index >= 15 is 0 Å². The van der Waals surface area contributed by atoms with E-state index in [1.165, 1.54) is 0 Å². The summed E-state index contributed by atoms with van der Waals surface area (Å²) in [5, 5.41) is 0.877. The van der Waals surface area contributed by atoms with Gasteiger partial charge in [0.1, 0.15) is 16.9 Å². The number of esters is 1. The highest BCUT2D eigenvalue weighted by atomic mass is 16.5. The van der Waals surface area contributed by atoms with Crippen molar-refractivity contribution >= 4 is 23.0 Å². The topological polar surface area (TPSA) is 48.7 Å². The minimum Gasteiger partial charge on any atom is -0.483 e. The molecule has 4 heteroatoms. The van der Waals surface area contributed by atoms with Gasteiger partial charge < -0.3 is 13.9 Å². The van der Waals surface area contributed by atoms with E-state index in [9.17, 15) is 4.79 Å². The first-order valence-corrected chi connectivity index (χ1v) is 7.04. The van der Waals surface area contributed by atoms with Crippen LogP contribution in [-0.4, -0.2) is 18.2 Å². The van der Waals surface area contributed by atoms with Gasteiger partial charge >= 0.3 is 5.97 Å². The van der Waals surface area contributed by atoms with Gasteiger partial charge in [-0.05, 0) is 45.9 Å². The Kier molecular flexibility index (Phi) is 3.04. The number of hydrogen-bond donors (Lipinski definition) is 0. The maximum absolute atomic E-state index is 11.8. The van der Waals surface area contributed by atoms with Gasteiger partial charge in [-0.3, -0.25) is 0 Å². The number of benzene rings is 1. The summed E-state index contributed by atoms with van der Waals surface area (Å²) in [6.45, 7) is 8.04. The normalized spacial score (nSPS) is 15.6. The number of aryl methyl sites for hydroxylation is 1. The van der Waals surface area contributed by atoms with Gasteiger partial charge in [-0.25, -0.2) is 4.79 Å². The lowest BCUT2D eigenvalue weighted by Crippen LogP contribution is -2.27. The monoisotopic (exact) mass is 286 g/mol. The summed E-state index contributed by atoms with van der Waals surface area (Å²) in [5.74, 6) is 0.586. The zero-order valence-corrected chi connectivity index (χ0v) is 12.6. The van der Waals surface area contributed by atoms with Crippen molar-refractivity contribution in [3.05, 3.63) is 35.1 Å². The molecule has 0 unspecified atom stereocenters. The van der Waals surface area contributed by atoms with Crippen molar-refractivity contribution in [2.75, 3.05) is 6.61 Å². The molecule has 4 nitrogen and oxygen atoms in total. The van der Waals surface area contributed by atoms with E-state index in [1.54, 1.807) is 13.0 Å². The number of carbonyl (C=O) groups excluding carboxylic acids is 1. The smallest absolute Gasteiger partial charge is 0.374 e. The molecule has 0 fully saturated rings. The highest BCUT2D eigenvalue weighted by Crippen LogP contribution is 2.39. The Morgan fingerprint density at radius 1 is 1.33 bits per heavy atom. The molecule has 1 aliphatic heterocycles. The second-order valence-electron chi connectivity index (χ2n) is 5.71. The second kappa shape index (κ2) is 4.65. The summed E-state index contributed by atoms with van der Waals surface area (Å²) >= 11 is 0. The van der Waals surface area contributed by atoms with Crippen LogP contribution in [0.1, 0.15) is 42.5 Å². The Morgan fingerprint density at radius 2 is 2.10 bits per heavy atom. The summed E-state index contributed by atoms with van der Waals surface area (Å²) in [4.78, 5) is 11.8. The maximum Gasteiger partial charge on any atom is 0.374 e. The molecule has 0 N–H and O–H groups in total. The van der Waals surface area contributed by atoms with Gasteiger partial charge in [0.2, 0.25) is 5.76 Å². The van der Waals surface area contributed by atoms with Crippen molar-refractivity contribution in [3.8, 4) is 5.75 Å². The van der Waals surface area contributed by atoms with Crippen LogP contribution in [0.15, 0.2) is 22.6 Å². The van der Waals surface area contributed by atoms with Crippen LogP contribution in [-0.2, 0) is 4.74 Å². The summed E-state index contributed by atoms with van der Waals surface area (Å²) in [6, 6.07) is 3.68. The van der Waals surface area contributed by atoms with Crippen molar-refractivity contribution < 1.29 is 18.7 Å². The highest BCUT2D eigenvalue weighted by Gasteiger charge is 2.26. The molecule has 0 bridgehead atoms. The molecule has 2 heterocycles. The Bertz CT molecular complexity index is 750. The van der Waals surface area contributed by atoms with Crippen LogP contribution in [0.25, 0.3) is 17.0 Å². The van der Waals surface area contributed by atoms with Crippen LogP contribution < -0.4 is 4.74 Å². The maximum atomic E-state index is 11.8. The molecule has 21 heavy (non-hydrogen) atoms. The minimum atomic E-state index is -0.442. The predicted octanol–water partition coefficient (Wildman–Crippen LogP) is 4.10. The fourth-order valence-electron chi connectivity index (χ4n) is 2.51. The molecule has 1 aliphatic rings. The van der Waals surface area contributed by atoms with Gasteiger partial charge in [0, 0.05) is 16.5 Å². The van der Waals surface area contributed by atoms with Crippen LogP contribution in [0, 0.1) is 6.92 Å². The lowest BCUT2D eigenvalue weighted by atomic mass is 9.98. The van der Waals surface area contributed by atoms with Gasteiger partial charge in [-0.1, -0.05) is 6.08 Å². The molecule has 0 radical (unpaired) electrons. The van der Waals surface area contributed by atoms with Crippen molar-refractivity contribution in [2.24, 2.45) is 0 Å². The third-order valence-corrected chi connectivity index (χ3v) is 3.52. The highest BCUT2D eigenvalue weighted by molar-refractivity contribution is 5.95. The summed E-state index contributed by atoms with van der Waals surface area (Å²) in [6.07, 6.45) is 4.06. The number of carbonyl (C=O) groups is 1. The molecule has 0 atom stereocenters. The molecule has 0 amide bonds. The Hall–Kier alpha value is -2.23. The molecule has 110 valence electrons. The quantitative estimate of drug-likeness (QED) is 0.780. The van der Waals surface area contributed by atoms with Crippen LogP contribution in [0.5, 0.6) is 5.75 Å². The van der Waals surface area contributed by atoms with Crippen molar-refractivity contribution in [1.29, 1.82) is 0 Å². The van der Waals surface area contributed by atoms with E-state index in [2.05, 4.69) is 0 Å². The summed E-state index contributed by atoms with van der Waals surface area (Å²) in [7, 11) is 0. The van der Waals surface area contributed by atoms with E-state index < -0.39 is 5.97 Å². The molecular weight excluding hydrogens is 268 g/mol. The average Bonchev–Trinajstić information content (AvgIpc) is 2.84. The van der Waals surface area contributed by atoms with E-state index in [0.717, 1.165) is 22.3 Å². The number of ether oxygens (including phenoxy) is 2. The summed E-state index contributed by atoms with van der Waals surface area (Å²) in [5.41, 5.74) is 2.22. The fraction of sp³-hybridized carbons (Fsp3) is 0.353. The molecular formula is C17H18O4. The largest absolute Gasteiger partial charge is 0.483 e. The van der Waals surface area contributed by atoms with Gasteiger partial charge in [-0.15, -0.1) is 0 Å². The summed E-state index contributed by atoms with van der Waals surface area (Å²) < 4.78 is 16.7. The van der Waals surface area contributed by atoms with Crippen LogP contribution in [0.3, 0.4) is 0 Å². The first kappa shape index (κ1) is 13.7. The molecule has 1 aromatic heterocycles. The van der Waals surface area contributed by atoms with E-state index in [-0.39, 0.29) is 11.4 Å². The molecule has 0 saturated heterocycles. The number of furan rings is 1.